The molecule has 0 aliphatic rings. The third-order valence-electron chi connectivity index (χ3n) is 1.11. The lowest BCUT2D eigenvalue weighted by molar-refractivity contribution is 0.351. The van der Waals surface area contributed by atoms with E-state index < -0.39 is 0 Å². The molecule has 0 fully saturated rings. The van der Waals surface area contributed by atoms with Gasteiger partial charge < -0.3 is 5.73 Å². The van der Waals surface area contributed by atoms with E-state index in [0.29, 0.717) is 5.41 Å². The summed E-state index contributed by atoms with van der Waals surface area (Å²) in [6, 6.07) is 0.258. The summed E-state index contributed by atoms with van der Waals surface area (Å²) in [6.45, 7) is 6.57. The highest BCUT2D eigenvalue weighted by molar-refractivity contribution is 7.80. The third-order valence-corrected chi connectivity index (χ3v) is 1.58. The molecule has 2 heteroatoms. The average molecular weight is 147 g/mol. The van der Waals surface area contributed by atoms with Crippen LogP contribution in [-0.4, -0.2) is 11.8 Å². The van der Waals surface area contributed by atoms with Crippen LogP contribution in [0.5, 0.6) is 0 Å². The largest absolute Gasteiger partial charge is 0.327 e. The van der Waals surface area contributed by atoms with E-state index in [2.05, 4.69) is 33.4 Å². The average Bonchev–Trinajstić information content (AvgIpc) is 1.62. The molecule has 0 amide bonds. The van der Waals surface area contributed by atoms with E-state index in [0.717, 1.165) is 12.2 Å². The van der Waals surface area contributed by atoms with Crippen LogP contribution in [-0.2, 0) is 0 Å². The molecule has 0 rings (SSSR count). The van der Waals surface area contributed by atoms with Crippen LogP contribution in [0.1, 0.15) is 27.2 Å². The normalized spacial score (nSPS) is 15.7. The van der Waals surface area contributed by atoms with E-state index in [4.69, 9.17) is 5.73 Å². The van der Waals surface area contributed by atoms with Crippen molar-refractivity contribution in [1.82, 2.24) is 0 Å². The van der Waals surface area contributed by atoms with Crippen molar-refractivity contribution in [1.29, 1.82) is 0 Å². The van der Waals surface area contributed by atoms with E-state index in [-0.39, 0.29) is 6.04 Å². The fourth-order valence-electron chi connectivity index (χ4n) is 0.851. The summed E-state index contributed by atoms with van der Waals surface area (Å²) in [6.07, 6.45) is 1.05. The van der Waals surface area contributed by atoms with E-state index in [9.17, 15) is 0 Å². The quantitative estimate of drug-likeness (QED) is 0.571. The number of hydrogen-bond donors (Lipinski definition) is 2. The first-order chi connectivity index (χ1) is 3.95. The van der Waals surface area contributed by atoms with Crippen molar-refractivity contribution in [2.75, 3.05) is 5.75 Å². The van der Waals surface area contributed by atoms with Crippen molar-refractivity contribution in [3.63, 3.8) is 0 Å². The molecular weight excluding hydrogens is 130 g/mol. The highest BCUT2D eigenvalue weighted by Gasteiger charge is 2.13. The van der Waals surface area contributed by atoms with Crippen LogP contribution in [0.2, 0.25) is 0 Å². The zero-order chi connectivity index (χ0) is 7.49. The number of nitrogens with two attached hydrogens (primary N) is 1. The molecule has 0 saturated carbocycles. The molecular formula is C7H17NS. The van der Waals surface area contributed by atoms with Crippen molar-refractivity contribution < 1.29 is 0 Å². The molecule has 0 aromatic rings. The fourth-order valence-corrected chi connectivity index (χ4v) is 0.980. The summed E-state index contributed by atoms with van der Waals surface area (Å²) < 4.78 is 0. The molecule has 2 N–H and O–H groups in total. The maximum Gasteiger partial charge on any atom is 0.0132 e. The minimum absolute atomic E-state index is 0.258. The first-order valence-corrected chi connectivity index (χ1v) is 3.95. The Hall–Kier alpha value is 0.310. The van der Waals surface area contributed by atoms with E-state index >= 15 is 0 Å². The molecule has 1 nitrogen and oxygen atoms in total. The van der Waals surface area contributed by atoms with Gasteiger partial charge in [0, 0.05) is 11.8 Å². The summed E-state index contributed by atoms with van der Waals surface area (Å²) in [5, 5.41) is 0. The Balaban J connectivity index is 3.47. The Morgan fingerprint density at radius 2 is 1.89 bits per heavy atom. The van der Waals surface area contributed by atoms with Gasteiger partial charge in [-0.1, -0.05) is 20.8 Å². The molecule has 9 heavy (non-hydrogen) atoms. The molecule has 0 aromatic heterocycles. The topological polar surface area (TPSA) is 26.0 Å². The molecule has 0 radical (unpaired) electrons. The van der Waals surface area contributed by atoms with Gasteiger partial charge in [0.25, 0.3) is 0 Å². The Bertz CT molecular complexity index is 75.5. The van der Waals surface area contributed by atoms with E-state index in [1.165, 1.54) is 0 Å². The highest BCUT2D eigenvalue weighted by Crippen LogP contribution is 2.19. The van der Waals surface area contributed by atoms with Gasteiger partial charge in [-0.05, 0) is 11.8 Å². The monoisotopic (exact) mass is 147 g/mol. The van der Waals surface area contributed by atoms with Crippen molar-refractivity contribution in [3.8, 4) is 0 Å². The summed E-state index contributed by atoms with van der Waals surface area (Å²) in [5.74, 6) is 0.789. The molecule has 0 heterocycles. The summed E-state index contributed by atoms with van der Waals surface area (Å²) in [4.78, 5) is 0. The lowest BCUT2D eigenvalue weighted by Crippen LogP contribution is -2.27. The standard InChI is InChI=1S/C7H17NS/c1-7(2,3)4-6(8)5-9/h6,9H,4-5,8H2,1-3H3/t6-/m1/s1. The maximum atomic E-state index is 5.68. The second-order valence-electron chi connectivity index (χ2n) is 3.71. The fraction of sp³-hybridized carbons (Fsp3) is 1.00. The first kappa shape index (κ1) is 9.31. The lowest BCUT2D eigenvalue weighted by atomic mass is 9.89. The predicted molar refractivity (Wildman–Crippen MR) is 45.9 cm³/mol. The van der Waals surface area contributed by atoms with Gasteiger partial charge in [-0.2, -0.15) is 12.6 Å². The van der Waals surface area contributed by atoms with Gasteiger partial charge in [0.1, 0.15) is 0 Å². The van der Waals surface area contributed by atoms with Crippen LogP contribution in [0.25, 0.3) is 0 Å². The van der Waals surface area contributed by atoms with Crippen LogP contribution in [0, 0.1) is 5.41 Å². The van der Waals surface area contributed by atoms with Crippen molar-refractivity contribution in [3.05, 3.63) is 0 Å². The molecule has 0 aliphatic carbocycles. The minimum Gasteiger partial charge on any atom is -0.327 e. The van der Waals surface area contributed by atoms with Crippen LogP contribution >= 0.6 is 12.6 Å². The van der Waals surface area contributed by atoms with Gasteiger partial charge in [0.2, 0.25) is 0 Å². The Morgan fingerprint density at radius 3 is 2.00 bits per heavy atom. The minimum atomic E-state index is 0.258. The van der Waals surface area contributed by atoms with Gasteiger partial charge in [0.15, 0.2) is 0 Å². The zero-order valence-corrected chi connectivity index (χ0v) is 7.41. The first-order valence-electron chi connectivity index (χ1n) is 3.32. The van der Waals surface area contributed by atoms with Gasteiger partial charge in [-0.15, -0.1) is 0 Å². The predicted octanol–water partition coefficient (Wildman–Crippen LogP) is 1.68. The second-order valence-corrected chi connectivity index (χ2v) is 4.07. The lowest BCUT2D eigenvalue weighted by Gasteiger charge is -2.21. The van der Waals surface area contributed by atoms with Crippen LogP contribution < -0.4 is 5.73 Å². The van der Waals surface area contributed by atoms with Gasteiger partial charge in [-0.25, -0.2) is 0 Å². The zero-order valence-electron chi connectivity index (χ0n) is 6.52. The van der Waals surface area contributed by atoms with E-state index in [1.54, 1.807) is 0 Å². The van der Waals surface area contributed by atoms with Crippen LogP contribution in [0.15, 0.2) is 0 Å². The van der Waals surface area contributed by atoms with Crippen molar-refractivity contribution in [2.24, 2.45) is 11.1 Å². The summed E-state index contributed by atoms with van der Waals surface area (Å²) in [7, 11) is 0. The second kappa shape index (κ2) is 3.47. The highest BCUT2D eigenvalue weighted by atomic mass is 32.1. The number of thiol groups is 1. The molecule has 0 unspecified atom stereocenters. The van der Waals surface area contributed by atoms with Crippen LogP contribution in [0.4, 0.5) is 0 Å². The maximum absolute atomic E-state index is 5.68. The molecule has 0 aliphatic heterocycles. The number of rotatable bonds is 2. The number of hydrogen-bond acceptors (Lipinski definition) is 2. The Labute approximate surface area is 63.4 Å². The van der Waals surface area contributed by atoms with Crippen molar-refractivity contribution in [2.45, 2.75) is 33.2 Å². The molecule has 56 valence electrons. The van der Waals surface area contributed by atoms with Gasteiger partial charge in [0.05, 0.1) is 0 Å². The summed E-state index contributed by atoms with van der Waals surface area (Å²) in [5.41, 5.74) is 6.03. The third kappa shape index (κ3) is 6.19. The van der Waals surface area contributed by atoms with Gasteiger partial charge >= 0.3 is 0 Å². The Kier molecular flexibility index (Phi) is 3.59. The smallest absolute Gasteiger partial charge is 0.0132 e. The van der Waals surface area contributed by atoms with Crippen molar-refractivity contribution >= 4 is 12.6 Å². The SMILES string of the molecule is CC(C)(C)C[C@@H](N)CS. The molecule has 0 aromatic carbocycles. The Morgan fingerprint density at radius 1 is 1.44 bits per heavy atom. The molecule has 1 atom stereocenters. The molecule has 0 spiro atoms. The molecule has 0 bridgehead atoms. The summed E-state index contributed by atoms with van der Waals surface area (Å²) >= 11 is 4.10. The van der Waals surface area contributed by atoms with Gasteiger partial charge in [-0.3, -0.25) is 0 Å². The van der Waals surface area contributed by atoms with E-state index in [1.807, 2.05) is 0 Å². The van der Waals surface area contributed by atoms with Crippen LogP contribution in [0.3, 0.4) is 0 Å². The molecule has 0 saturated heterocycles.